The number of unbranched alkanes of at least 4 members (excludes halogenated alkanes) is 5. The van der Waals surface area contributed by atoms with Crippen LogP contribution in [0.2, 0.25) is 0 Å². The molecular weight excluding hydrogens is 248 g/mol. The van der Waals surface area contributed by atoms with E-state index >= 15 is 0 Å². The summed E-state index contributed by atoms with van der Waals surface area (Å²) < 4.78 is 1.67. The highest BCUT2D eigenvalue weighted by Gasteiger charge is 2.08. The van der Waals surface area contributed by atoms with E-state index in [2.05, 4.69) is 35.1 Å². The average molecular weight is 273 g/mol. The molecule has 0 saturated carbocycles. The van der Waals surface area contributed by atoms with E-state index in [9.17, 15) is 0 Å². The van der Waals surface area contributed by atoms with Crippen molar-refractivity contribution in [3.63, 3.8) is 0 Å². The van der Waals surface area contributed by atoms with Gasteiger partial charge in [0.15, 0.2) is 0 Å². The summed E-state index contributed by atoms with van der Waals surface area (Å²) in [5, 5.41) is 4.14. The van der Waals surface area contributed by atoms with Gasteiger partial charge in [0.1, 0.15) is 6.33 Å². The van der Waals surface area contributed by atoms with Crippen LogP contribution in [0.1, 0.15) is 70.1 Å². The lowest BCUT2D eigenvalue weighted by Crippen LogP contribution is -2.04. The Hall–Kier alpha value is -1.45. The van der Waals surface area contributed by atoms with Gasteiger partial charge in [-0.1, -0.05) is 52.4 Å². The number of nitrogens with zero attached hydrogens (tertiary/aromatic N) is 4. The molecule has 109 valence electrons. The van der Waals surface area contributed by atoms with Gasteiger partial charge in [-0.2, -0.15) is 14.6 Å². The van der Waals surface area contributed by atoms with Crippen molar-refractivity contribution < 1.29 is 0 Å². The first-order valence-electron chi connectivity index (χ1n) is 7.96. The minimum Gasteiger partial charge on any atom is -0.216 e. The lowest BCUT2D eigenvalue weighted by molar-refractivity contribution is 0.604. The van der Waals surface area contributed by atoms with E-state index < -0.39 is 0 Å². The average Bonchev–Trinajstić information content (AvgIpc) is 2.90. The van der Waals surface area contributed by atoms with Crippen LogP contribution >= 0.6 is 0 Å². The van der Waals surface area contributed by atoms with Crippen LogP contribution in [0.25, 0.3) is 5.78 Å². The van der Waals surface area contributed by atoms with Crippen LogP contribution in [-0.2, 0) is 12.8 Å². The van der Waals surface area contributed by atoms with Crippen molar-refractivity contribution in [1.82, 2.24) is 19.6 Å². The summed E-state index contributed by atoms with van der Waals surface area (Å²) >= 11 is 0. The molecule has 20 heavy (non-hydrogen) atoms. The van der Waals surface area contributed by atoms with Crippen LogP contribution < -0.4 is 0 Å². The van der Waals surface area contributed by atoms with Gasteiger partial charge in [0, 0.05) is 11.3 Å². The molecule has 0 atom stereocenters. The van der Waals surface area contributed by atoms with Gasteiger partial charge >= 0.3 is 0 Å². The molecule has 0 aliphatic heterocycles. The summed E-state index contributed by atoms with van der Waals surface area (Å²) in [6.07, 6.45) is 16.0. The second-order valence-corrected chi connectivity index (χ2v) is 5.39. The number of hydrogen-bond acceptors (Lipinski definition) is 3. The summed E-state index contributed by atoms with van der Waals surface area (Å²) in [4.78, 5) is 8.75. The van der Waals surface area contributed by atoms with Crippen molar-refractivity contribution in [2.45, 2.75) is 71.6 Å². The molecule has 0 N–H and O–H groups in total. The fourth-order valence-electron chi connectivity index (χ4n) is 2.50. The first-order valence-corrected chi connectivity index (χ1v) is 7.96. The van der Waals surface area contributed by atoms with Gasteiger partial charge in [0.25, 0.3) is 5.78 Å². The van der Waals surface area contributed by atoms with Crippen LogP contribution in [-0.4, -0.2) is 19.6 Å². The molecule has 4 nitrogen and oxygen atoms in total. The molecular formula is C16H25N4. The predicted octanol–water partition coefficient (Wildman–Crippen LogP) is 3.78. The van der Waals surface area contributed by atoms with Gasteiger partial charge in [-0.15, -0.1) is 0 Å². The Kier molecular flexibility index (Phi) is 5.96. The van der Waals surface area contributed by atoms with Crippen molar-refractivity contribution >= 4 is 5.78 Å². The molecule has 0 aliphatic rings. The summed E-state index contributed by atoms with van der Waals surface area (Å²) in [7, 11) is 0. The van der Waals surface area contributed by atoms with E-state index in [0.717, 1.165) is 25.0 Å². The van der Waals surface area contributed by atoms with Crippen LogP contribution in [0.4, 0.5) is 0 Å². The molecule has 0 saturated heterocycles. The van der Waals surface area contributed by atoms with Crippen LogP contribution in [0.3, 0.4) is 0 Å². The zero-order valence-electron chi connectivity index (χ0n) is 12.7. The van der Waals surface area contributed by atoms with Gasteiger partial charge in [0.2, 0.25) is 0 Å². The van der Waals surface area contributed by atoms with Crippen molar-refractivity contribution in [2.24, 2.45) is 0 Å². The molecule has 1 radical (unpaired) electrons. The summed E-state index contributed by atoms with van der Waals surface area (Å²) in [5.41, 5.74) is 2.38. The molecule has 0 aromatic carbocycles. The van der Waals surface area contributed by atoms with E-state index in [1.54, 1.807) is 10.8 Å². The summed E-state index contributed by atoms with van der Waals surface area (Å²) in [5.74, 6) is 0.667. The van der Waals surface area contributed by atoms with Gasteiger partial charge < -0.3 is 0 Å². The quantitative estimate of drug-likeness (QED) is 0.653. The Labute approximate surface area is 121 Å². The Morgan fingerprint density at radius 1 is 1.00 bits per heavy atom. The lowest BCUT2D eigenvalue weighted by atomic mass is 10.0. The SMILES string of the molecule is CCCCCCCCc1[c]n2ncnc2nc1CCC. The zero-order chi connectivity index (χ0) is 14.2. The third-order valence-corrected chi connectivity index (χ3v) is 3.62. The second-order valence-electron chi connectivity index (χ2n) is 5.39. The Morgan fingerprint density at radius 2 is 1.80 bits per heavy atom. The highest BCUT2D eigenvalue weighted by Crippen LogP contribution is 2.14. The topological polar surface area (TPSA) is 43.1 Å². The maximum atomic E-state index is 4.61. The number of aryl methyl sites for hydroxylation is 2. The van der Waals surface area contributed by atoms with Crippen LogP contribution in [0, 0.1) is 6.20 Å². The van der Waals surface area contributed by atoms with E-state index in [1.165, 1.54) is 44.1 Å². The number of aromatic nitrogens is 4. The van der Waals surface area contributed by atoms with Gasteiger partial charge in [-0.25, -0.2) is 4.98 Å². The molecule has 0 amide bonds. The van der Waals surface area contributed by atoms with Gasteiger partial charge in [-0.05, 0) is 19.3 Å². The number of hydrogen-bond donors (Lipinski definition) is 0. The van der Waals surface area contributed by atoms with Crippen molar-refractivity contribution in [2.75, 3.05) is 0 Å². The largest absolute Gasteiger partial charge is 0.253 e. The molecule has 2 aromatic heterocycles. The molecule has 2 heterocycles. The van der Waals surface area contributed by atoms with Crippen LogP contribution in [0.5, 0.6) is 0 Å². The number of fused-ring (bicyclic) bond motifs is 1. The standard InChI is InChI=1S/C16H25N4/c1-3-5-6-7-8-9-11-14-12-20-16(17-13-18-20)19-15(14)10-4-2/h13H,3-11H2,1-2H3. The third-order valence-electron chi connectivity index (χ3n) is 3.62. The van der Waals surface area contributed by atoms with Gasteiger partial charge in [-0.3, -0.25) is 0 Å². The minimum absolute atomic E-state index is 0.667. The highest BCUT2D eigenvalue weighted by molar-refractivity contribution is 5.30. The molecule has 4 heteroatoms. The fraction of sp³-hybridized carbons (Fsp3) is 0.688. The second kappa shape index (κ2) is 7.98. The normalized spacial score (nSPS) is 11.3. The van der Waals surface area contributed by atoms with E-state index in [4.69, 9.17) is 0 Å². The van der Waals surface area contributed by atoms with E-state index in [-0.39, 0.29) is 0 Å². The third kappa shape index (κ3) is 4.02. The van der Waals surface area contributed by atoms with Crippen molar-refractivity contribution in [3.8, 4) is 0 Å². The molecule has 0 bridgehead atoms. The first kappa shape index (κ1) is 14.9. The summed E-state index contributed by atoms with van der Waals surface area (Å²) in [6.45, 7) is 4.44. The Morgan fingerprint density at radius 3 is 2.60 bits per heavy atom. The van der Waals surface area contributed by atoms with E-state index in [1.807, 2.05) is 0 Å². The van der Waals surface area contributed by atoms with Gasteiger partial charge in [0.05, 0.1) is 6.20 Å². The summed E-state index contributed by atoms with van der Waals surface area (Å²) in [6, 6.07) is 0. The molecule has 0 spiro atoms. The highest BCUT2D eigenvalue weighted by atomic mass is 15.3. The first-order chi connectivity index (χ1) is 9.85. The minimum atomic E-state index is 0.667. The fourth-order valence-corrected chi connectivity index (χ4v) is 2.50. The molecule has 2 aromatic rings. The molecule has 0 fully saturated rings. The van der Waals surface area contributed by atoms with Crippen LogP contribution in [0.15, 0.2) is 6.33 Å². The smallest absolute Gasteiger partial charge is 0.216 e. The predicted molar refractivity (Wildman–Crippen MR) is 80.7 cm³/mol. The number of rotatable bonds is 9. The monoisotopic (exact) mass is 273 g/mol. The maximum absolute atomic E-state index is 4.61. The Balaban J connectivity index is 1.94. The van der Waals surface area contributed by atoms with E-state index in [0.29, 0.717) is 5.78 Å². The molecule has 2 rings (SSSR count). The lowest BCUT2D eigenvalue weighted by Gasteiger charge is -2.07. The van der Waals surface area contributed by atoms with Crippen molar-refractivity contribution in [1.29, 1.82) is 0 Å². The molecule has 0 unspecified atom stereocenters. The molecule has 0 aliphatic carbocycles. The van der Waals surface area contributed by atoms with Crippen molar-refractivity contribution in [3.05, 3.63) is 23.8 Å². The zero-order valence-corrected chi connectivity index (χ0v) is 12.7. The maximum Gasteiger partial charge on any atom is 0.253 e. The Bertz CT molecular complexity index is 518.